The zero-order valence-corrected chi connectivity index (χ0v) is 18.4. The molecule has 1 aromatic carbocycles. The molecule has 11 heteroatoms. The summed E-state index contributed by atoms with van der Waals surface area (Å²) >= 11 is 0. The normalized spacial score (nSPS) is 14.3. The largest absolute Gasteiger partial charge is 0.395 e. The van der Waals surface area contributed by atoms with Gasteiger partial charge in [0.2, 0.25) is 5.43 Å². The molecule has 1 atom stereocenters. The Morgan fingerprint density at radius 1 is 1.21 bits per heavy atom. The van der Waals surface area contributed by atoms with Crippen LogP contribution in [0.5, 0.6) is 0 Å². The van der Waals surface area contributed by atoms with Gasteiger partial charge in [0.25, 0.3) is 5.91 Å². The third kappa shape index (κ3) is 4.35. The molecule has 4 rings (SSSR count). The molecule has 1 amide bonds. The van der Waals surface area contributed by atoms with Gasteiger partial charge in [-0.2, -0.15) is 0 Å². The lowest BCUT2D eigenvalue weighted by Gasteiger charge is -2.20. The van der Waals surface area contributed by atoms with Crippen molar-refractivity contribution < 1.29 is 27.5 Å². The fourth-order valence-electron chi connectivity index (χ4n) is 3.83. The van der Waals surface area contributed by atoms with Gasteiger partial charge >= 0.3 is 0 Å². The number of aromatic nitrogens is 2. The molecule has 1 saturated carbocycles. The van der Waals surface area contributed by atoms with Gasteiger partial charge in [-0.1, -0.05) is 0 Å². The second kappa shape index (κ2) is 9.05. The van der Waals surface area contributed by atoms with E-state index in [1.54, 1.807) is 6.92 Å². The average molecular weight is 478 g/mol. The molecule has 1 aliphatic carbocycles. The number of benzene rings is 1. The van der Waals surface area contributed by atoms with E-state index < -0.39 is 51.2 Å². The van der Waals surface area contributed by atoms with Gasteiger partial charge in [0, 0.05) is 38.0 Å². The Kier molecular flexibility index (Phi) is 6.30. The number of aliphatic hydroxyl groups excluding tert-OH is 1. The van der Waals surface area contributed by atoms with Crippen molar-refractivity contribution in [3.05, 3.63) is 63.5 Å². The van der Waals surface area contributed by atoms with Crippen molar-refractivity contribution in [3.63, 3.8) is 0 Å². The fourth-order valence-corrected chi connectivity index (χ4v) is 3.83. The second-order valence-electron chi connectivity index (χ2n) is 8.37. The summed E-state index contributed by atoms with van der Waals surface area (Å²) in [5.41, 5.74) is -2.48. The van der Waals surface area contributed by atoms with E-state index in [0.717, 1.165) is 29.7 Å². The topological polar surface area (TPSA) is 87.5 Å². The van der Waals surface area contributed by atoms with Crippen LogP contribution in [-0.2, 0) is 0 Å². The minimum atomic E-state index is -1.31. The Labute approximate surface area is 191 Å². The summed E-state index contributed by atoms with van der Waals surface area (Å²) in [4.78, 5) is 31.3. The Morgan fingerprint density at radius 3 is 2.44 bits per heavy atom. The van der Waals surface area contributed by atoms with Crippen LogP contribution in [0.15, 0.2) is 29.2 Å². The number of rotatable bonds is 7. The van der Waals surface area contributed by atoms with E-state index in [-0.39, 0.29) is 36.6 Å². The van der Waals surface area contributed by atoms with Gasteiger partial charge in [0.15, 0.2) is 28.9 Å². The van der Waals surface area contributed by atoms with Crippen molar-refractivity contribution >= 4 is 22.8 Å². The van der Waals surface area contributed by atoms with Crippen LogP contribution in [-0.4, -0.2) is 46.8 Å². The number of carbonyl (C=O) groups excluding carboxylic acids is 1. The van der Waals surface area contributed by atoms with E-state index in [0.29, 0.717) is 12.1 Å². The summed E-state index contributed by atoms with van der Waals surface area (Å²) in [5.74, 6) is -5.53. The second-order valence-corrected chi connectivity index (χ2v) is 8.37. The summed E-state index contributed by atoms with van der Waals surface area (Å²) in [6.45, 7) is 1.43. The summed E-state index contributed by atoms with van der Waals surface area (Å²) in [5, 5.41) is 11.5. The molecule has 0 saturated heterocycles. The molecular weight excluding hydrogens is 456 g/mol. The van der Waals surface area contributed by atoms with Gasteiger partial charge in [-0.05, 0) is 31.7 Å². The molecule has 0 aliphatic heterocycles. The highest BCUT2D eigenvalue weighted by Crippen LogP contribution is 2.32. The number of aliphatic hydroxyl groups is 1. The molecule has 0 bridgehead atoms. The maximum absolute atomic E-state index is 14.8. The van der Waals surface area contributed by atoms with Crippen LogP contribution in [0.25, 0.3) is 16.7 Å². The van der Waals surface area contributed by atoms with Gasteiger partial charge in [0.1, 0.15) is 17.1 Å². The van der Waals surface area contributed by atoms with Crippen LogP contribution in [0.3, 0.4) is 0 Å². The number of carbonyl (C=O) groups is 1. The molecule has 1 aliphatic rings. The van der Waals surface area contributed by atoms with Gasteiger partial charge in [-0.15, -0.1) is 0 Å². The Morgan fingerprint density at radius 2 is 1.85 bits per heavy atom. The number of nitrogens with zero attached hydrogens (tertiary/aromatic N) is 3. The summed E-state index contributed by atoms with van der Waals surface area (Å²) in [6.07, 6.45) is 2.77. The molecule has 0 radical (unpaired) electrons. The Bertz CT molecular complexity index is 1320. The predicted octanol–water partition coefficient (Wildman–Crippen LogP) is 2.90. The van der Waals surface area contributed by atoms with Gasteiger partial charge in [0.05, 0.1) is 12.0 Å². The SMILES string of the molecule is C[C@@H](NC(=O)c1cn(-c2c(F)cc(F)cc2F)c2nc(N(C)CCO)c(F)cc2c1=O)C1CC1. The number of amides is 1. The van der Waals surface area contributed by atoms with E-state index in [4.69, 9.17) is 5.11 Å². The van der Waals surface area contributed by atoms with Crippen LogP contribution >= 0.6 is 0 Å². The Balaban J connectivity index is 1.99. The molecule has 7 nitrogen and oxygen atoms in total. The zero-order valence-electron chi connectivity index (χ0n) is 18.4. The highest BCUT2D eigenvalue weighted by atomic mass is 19.1. The first-order chi connectivity index (χ1) is 16.1. The number of nitrogens with one attached hydrogen (secondary N) is 1. The highest BCUT2D eigenvalue weighted by molar-refractivity contribution is 5.97. The molecule has 2 aromatic heterocycles. The predicted molar refractivity (Wildman–Crippen MR) is 117 cm³/mol. The molecule has 2 N–H and O–H groups in total. The number of anilines is 1. The smallest absolute Gasteiger partial charge is 0.257 e. The first kappa shape index (κ1) is 23.7. The minimum Gasteiger partial charge on any atom is -0.395 e. The zero-order chi connectivity index (χ0) is 24.7. The maximum atomic E-state index is 14.8. The van der Waals surface area contributed by atoms with Crippen molar-refractivity contribution in [2.45, 2.75) is 25.8 Å². The Hall–Kier alpha value is -3.47. The molecular formula is C23H22F4N4O3. The average Bonchev–Trinajstić information content (AvgIpc) is 3.60. The van der Waals surface area contributed by atoms with E-state index in [9.17, 15) is 27.2 Å². The van der Waals surface area contributed by atoms with E-state index in [1.807, 2.05) is 0 Å². The first-order valence-corrected chi connectivity index (χ1v) is 10.7. The minimum absolute atomic E-state index is 0.0154. The van der Waals surface area contributed by atoms with Gasteiger partial charge in [-0.25, -0.2) is 22.5 Å². The lowest BCUT2D eigenvalue weighted by atomic mass is 10.1. The van der Waals surface area contributed by atoms with Crippen molar-refractivity contribution in [3.8, 4) is 5.69 Å². The molecule has 1 fully saturated rings. The monoisotopic (exact) mass is 478 g/mol. The lowest BCUT2D eigenvalue weighted by Crippen LogP contribution is -2.37. The lowest BCUT2D eigenvalue weighted by molar-refractivity contribution is 0.0934. The standard InChI is InChI=1S/C23H22F4N4O3/c1-11(12-3-4-12)28-23(34)15-10-31(19-16(25)7-13(24)8-17(19)26)21-14(20(15)33)9-18(27)22(29-21)30(2)5-6-32/h7-12,32H,3-6H2,1-2H3,(H,28,34)/t11-/m1/s1. The van der Waals surface area contributed by atoms with E-state index in [1.165, 1.54) is 11.9 Å². The van der Waals surface area contributed by atoms with Crippen LogP contribution in [0, 0.1) is 29.2 Å². The third-order valence-corrected chi connectivity index (χ3v) is 5.87. The molecule has 3 aromatic rings. The fraction of sp³-hybridized carbons (Fsp3) is 0.348. The molecule has 0 unspecified atom stereocenters. The van der Waals surface area contributed by atoms with Gasteiger partial charge < -0.3 is 15.3 Å². The molecule has 180 valence electrons. The van der Waals surface area contributed by atoms with Crippen LogP contribution < -0.4 is 15.6 Å². The van der Waals surface area contributed by atoms with E-state index >= 15 is 0 Å². The molecule has 2 heterocycles. The van der Waals surface area contributed by atoms with Crippen molar-refractivity contribution in [2.24, 2.45) is 5.92 Å². The number of hydrogen-bond donors (Lipinski definition) is 2. The van der Waals surface area contributed by atoms with Crippen molar-refractivity contribution in [1.82, 2.24) is 14.9 Å². The van der Waals surface area contributed by atoms with E-state index in [2.05, 4.69) is 10.3 Å². The number of halogens is 4. The van der Waals surface area contributed by atoms with Crippen LogP contribution in [0.2, 0.25) is 0 Å². The quantitative estimate of drug-likeness (QED) is 0.510. The van der Waals surface area contributed by atoms with Gasteiger partial charge in [-0.3, -0.25) is 14.2 Å². The number of pyridine rings is 2. The number of hydrogen-bond acceptors (Lipinski definition) is 5. The summed E-state index contributed by atoms with van der Waals surface area (Å²) in [6, 6.07) is 1.48. The summed E-state index contributed by atoms with van der Waals surface area (Å²) in [7, 11) is 1.43. The van der Waals surface area contributed by atoms with Crippen LogP contribution in [0.1, 0.15) is 30.1 Å². The number of likely N-dealkylation sites (N-methyl/N-ethyl adjacent to an activating group) is 1. The first-order valence-electron chi connectivity index (χ1n) is 10.7. The van der Waals surface area contributed by atoms with Crippen LogP contribution in [0.4, 0.5) is 23.4 Å². The third-order valence-electron chi connectivity index (χ3n) is 5.87. The number of fused-ring (bicyclic) bond motifs is 1. The summed E-state index contributed by atoms with van der Waals surface area (Å²) < 4.78 is 58.6. The molecule has 0 spiro atoms. The highest BCUT2D eigenvalue weighted by Gasteiger charge is 2.30. The van der Waals surface area contributed by atoms with Crippen molar-refractivity contribution in [1.29, 1.82) is 0 Å². The molecule has 34 heavy (non-hydrogen) atoms. The van der Waals surface area contributed by atoms with Crippen molar-refractivity contribution in [2.75, 3.05) is 25.1 Å². The maximum Gasteiger partial charge on any atom is 0.257 e.